The summed E-state index contributed by atoms with van der Waals surface area (Å²) >= 11 is 5.76. The van der Waals surface area contributed by atoms with E-state index in [1.165, 1.54) is 31.3 Å². The molecule has 0 aliphatic rings. The number of alkyl halides is 6. The average molecular weight is 489 g/mol. The standard InChI is InChI=1S/C22H15ClF6N2O2/c1-31(16-6-2-14(3-7-16)21(24,25)26)20(32)10-13-12-30-19(11-18(13)22(27,28)29)33-17-8-4-15(23)5-9-17/h2-9,11-12H,10H2,1H3. The van der Waals surface area contributed by atoms with Crippen LogP contribution in [-0.2, 0) is 23.6 Å². The topological polar surface area (TPSA) is 42.4 Å². The molecule has 3 aromatic rings. The third-order valence-corrected chi connectivity index (χ3v) is 4.85. The van der Waals surface area contributed by atoms with Crippen molar-refractivity contribution in [2.24, 2.45) is 0 Å². The number of hydrogen-bond acceptors (Lipinski definition) is 3. The minimum Gasteiger partial charge on any atom is -0.439 e. The maximum atomic E-state index is 13.6. The fourth-order valence-corrected chi connectivity index (χ4v) is 2.97. The van der Waals surface area contributed by atoms with Crippen LogP contribution in [0.4, 0.5) is 32.0 Å². The van der Waals surface area contributed by atoms with Crippen molar-refractivity contribution in [2.45, 2.75) is 18.8 Å². The van der Waals surface area contributed by atoms with Crippen LogP contribution in [0.5, 0.6) is 11.6 Å². The summed E-state index contributed by atoms with van der Waals surface area (Å²) < 4.78 is 84.3. The molecule has 1 amide bonds. The fourth-order valence-electron chi connectivity index (χ4n) is 2.85. The van der Waals surface area contributed by atoms with Crippen LogP contribution in [-0.4, -0.2) is 17.9 Å². The average Bonchev–Trinajstić information content (AvgIpc) is 2.74. The van der Waals surface area contributed by atoms with E-state index in [0.717, 1.165) is 35.4 Å². The number of rotatable bonds is 5. The summed E-state index contributed by atoms with van der Waals surface area (Å²) in [5.41, 5.74) is -2.34. The van der Waals surface area contributed by atoms with Crippen molar-refractivity contribution in [1.82, 2.24) is 4.98 Å². The van der Waals surface area contributed by atoms with Gasteiger partial charge in [0, 0.05) is 30.0 Å². The van der Waals surface area contributed by atoms with E-state index in [1.807, 2.05) is 0 Å². The first kappa shape index (κ1) is 24.4. The van der Waals surface area contributed by atoms with Gasteiger partial charge in [-0.25, -0.2) is 4.98 Å². The number of benzene rings is 2. The van der Waals surface area contributed by atoms with Gasteiger partial charge in [-0.2, -0.15) is 26.3 Å². The van der Waals surface area contributed by atoms with Gasteiger partial charge in [0.15, 0.2) is 0 Å². The van der Waals surface area contributed by atoms with Gasteiger partial charge in [0.2, 0.25) is 11.8 Å². The molecule has 33 heavy (non-hydrogen) atoms. The first-order chi connectivity index (χ1) is 15.3. The third-order valence-electron chi connectivity index (χ3n) is 4.60. The SMILES string of the molecule is CN(C(=O)Cc1cnc(Oc2ccc(Cl)cc2)cc1C(F)(F)F)c1ccc(C(F)(F)F)cc1. The lowest BCUT2D eigenvalue weighted by Crippen LogP contribution is -2.29. The van der Waals surface area contributed by atoms with E-state index in [2.05, 4.69) is 4.98 Å². The number of amides is 1. The lowest BCUT2D eigenvalue weighted by Gasteiger charge is -2.20. The Morgan fingerprint density at radius 3 is 2.12 bits per heavy atom. The molecular weight excluding hydrogens is 474 g/mol. The molecule has 1 aromatic heterocycles. The van der Waals surface area contributed by atoms with Gasteiger partial charge < -0.3 is 9.64 Å². The van der Waals surface area contributed by atoms with Crippen molar-refractivity contribution in [3.63, 3.8) is 0 Å². The summed E-state index contributed by atoms with van der Waals surface area (Å²) in [6, 6.07) is 10.3. The zero-order valence-electron chi connectivity index (χ0n) is 16.8. The van der Waals surface area contributed by atoms with Gasteiger partial charge in [-0.15, -0.1) is 0 Å². The number of anilines is 1. The number of halogens is 7. The van der Waals surface area contributed by atoms with Crippen LogP contribution in [0.2, 0.25) is 5.02 Å². The van der Waals surface area contributed by atoms with Crippen LogP contribution >= 0.6 is 11.6 Å². The number of ether oxygens (including phenoxy) is 1. The lowest BCUT2D eigenvalue weighted by atomic mass is 10.1. The van der Waals surface area contributed by atoms with Gasteiger partial charge in [0.05, 0.1) is 17.5 Å². The number of carbonyl (C=O) groups is 1. The molecule has 174 valence electrons. The van der Waals surface area contributed by atoms with Crippen LogP contribution in [0.15, 0.2) is 60.8 Å². The van der Waals surface area contributed by atoms with Crippen molar-refractivity contribution in [3.05, 3.63) is 82.5 Å². The zero-order chi connectivity index (χ0) is 24.4. The number of likely N-dealkylation sites (N-methyl/N-ethyl adjacent to an activating group) is 1. The van der Waals surface area contributed by atoms with Gasteiger partial charge in [0.1, 0.15) is 5.75 Å². The predicted molar refractivity (Wildman–Crippen MR) is 109 cm³/mol. The predicted octanol–water partition coefficient (Wildman–Crippen LogP) is 6.77. The Morgan fingerprint density at radius 1 is 0.970 bits per heavy atom. The van der Waals surface area contributed by atoms with E-state index in [4.69, 9.17) is 16.3 Å². The summed E-state index contributed by atoms with van der Waals surface area (Å²) in [6.45, 7) is 0. The monoisotopic (exact) mass is 488 g/mol. The highest BCUT2D eigenvalue weighted by atomic mass is 35.5. The highest BCUT2D eigenvalue weighted by Gasteiger charge is 2.35. The Bertz CT molecular complexity index is 1130. The molecule has 0 saturated carbocycles. The van der Waals surface area contributed by atoms with Gasteiger partial charge in [-0.05, 0) is 54.1 Å². The molecule has 11 heteroatoms. The minimum absolute atomic E-state index is 0.0946. The molecule has 1 heterocycles. The van der Waals surface area contributed by atoms with Crippen LogP contribution in [0.1, 0.15) is 16.7 Å². The third kappa shape index (κ3) is 6.16. The molecular formula is C22H15ClF6N2O2. The molecule has 0 aliphatic heterocycles. The van der Waals surface area contributed by atoms with Crippen LogP contribution in [0.25, 0.3) is 0 Å². The first-order valence-electron chi connectivity index (χ1n) is 9.28. The normalized spacial score (nSPS) is 11.9. The maximum Gasteiger partial charge on any atom is 0.416 e. The highest BCUT2D eigenvalue weighted by molar-refractivity contribution is 6.30. The molecule has 2 aromatic carbocycles. The molecule has 0 saturated heterocycles. The molecule has 0 N–H and O–H groups in total. The zero-order valence-corrected chi connectivity index (χ0v) is 17.6. The molecule has 0 atom stereocenters. The molecule has 0 unspecified atom stereocenters. The van der Waals surface area contributed by atoms with Crippen molar-refractivity contribution < 1.29 is 35.9 Å². The summed E-state index contributed by atoms with van der Waals surface area (Å²) in [5, 5.41) is 0.414. The van der Waals surface area contributed by atoms with Crippen LogP contribution in [0.3, 0.4) is 0 Å². The number of nitrogens with zero attached hydrogens (tertiary/aromatic N) is 2. The Morgan fingerprint density at radius 2 is 1.58 bits per heavy atom. The van der Waals surface area contributed by atoms with Crippen LogP contribution < -0.4 is 9.64 Å². The Kier molecular flexibility index (Phi) is 6.87. The summed E-state index contributed by atoms with van der Waals surface area (Å²) in [4.78, 5) is 17.4. The molecule has 4 nitrogen and oxygen atoms in total. The van der Waals surface area contributed by atoms with E-state index >= 15 is 0 Å². The van der Waals surface area contributed by atoms with E-state index in [1.54, 1.807) is 0 Å². The van der Waals surface area contributed by atoms with Crippen molar-refractivity contribution in [3.8, 4) is 11.6 Å². The summed E-state index contributed by atoms with van der Waals surface area (Å²) in [6.07, 6.45) is -9.15. The number of aromatic nitrogens is 1. The molecule has 0 bridgehead atoms. The Balaban J connectivity index is 1.81. The maximum absolute atomic E-state index is 13.6. The summed E-state index contributed by atoms with van der Waals surface area (Å²) in [5.74, 6) is -0.892. The van der Waals surface area contributed by atoms with E-state index in [0.29, 0.717) is 11.1 Å². The van der Waals surface area contributed by atoms with Gasteiger partial charge >= 0.3 is 12.4 Å². The van der Waals surface area contributed by atoms with E-state index < -0.39 is 41.4 Å². The van der Waals surface area contributed by atoms with Gasteiger partial charge in [-0.1, -0.05) is 11.6 Å². The first-order valence-corrected chi connectivity index (χ1v) is 9.66. The largest absolute Gasteiger partial charge is 0.439 e. The Hall–Kier alpha value is -3.27. The smallest absolute Gasteiger partial charge is 0.416 e. The van der Waals surface area contributed by atoms with Crippen molar-refractivity contribution in [1.29, 1.82) is 0 Å². The minimum atomic E-state index is -4.80. The lowest BCUT2D eigenvalue weighted by molar-refractivity contribution is -0.139. The van der Waals surface area contributed by atoms with Gasteiger partial charge in [-0.3, -0.25) is 4.79 Å². The second-order valence-electron chi connectivity index (χ2n) is 6.91. The number of carbonyl (C=O) groups excluding carboxylic acids is 1. The number of hydrogen-bond donors (Lipinski definition) is 0. The highest BCUT2D eigenvalue weighted by Crippen LogP contribution is 2.35. The van der Waals surface area contributed by atoms with E-state index in [-0.39, 0.29) is 17.3 Å². The Labute approximate surface area is 189 Å². The molecule has 3 rings (SSSR count). The molecule has 0 aliphatic carbocycles. The van der Waals surface area contributed by atoms with Crippen LogP contribution in [0, 0.1) is 0 Å². The van der Waals surface area contributed by atoms with Crippen molar-refractivity contribution in [2.75, 3.05) is 11.9 Å². The number of pyridine rings is 1. The fraction of sp³-hybridized carbons (Fsp3) is 0.182. The summed E-state index contributed by atoms with van der Waals surface area (Å²) in [7, 11) is 1.25. The quantitative estimate of drug-likeness (QED) is 0.372. The molecule has 0 spiro atoms. The van der Waals surface area contributed by atoms with Gasteiger partial charge in [0.25, 0.3) is 0 Å². The molecule has 0 fully saturated rings. The van der Waals surface area contributed by atoms with E-state index in [9.17, 15) is 31.1 Å². The second-order valence-corrected chi connectivity index (χ2v) is 7.34. The van der Waals surface area contributed by atoms with Crippen molar-refractivity contribution >= 4 is 23.2 Å². The molecule has 0 radical (unpaired) electrons. The second kappa shape index (κ2) is 9.30.